The molecule has 18 heavy (non-hydrogen) atoms. The SMILES string of the molecule is Cc1cccc(CCNC(=O)[C@@H]2CCCNC2)c1. The topological polar surface area (TPSA) is 41.1 Å². The molecule has 0 aliphatic carbocycles. The normalized spacial score (nSPS) is 19.5. The minimum atomic E-state index is 0.163. The van der Waals surface area contributed by atoms with E-state index in [1.807, 2.05) is 0 Å². The Morgan fingerprint density at radius 3 is 3.11 bits per heavy atom. The van der Waals surface area contributed by atoms with Gasteiger partial charge in [0.2, 0.25) is 5.91 Å². The third-order valence-corrected chi connectivity index (χ3v) is 3.46. The lowest BCUT2D eigenvalue weighted by atomic mass is 9.99. The summed E-state index contributed by atoms with van der Waals surface area (Å²) in [6, 6.07) is 8.45. The van der Waals surface area contributed by atoms with Gasteiger partial charge in [0.25, 0.3) is 0 Å². The van der Waals surface area contributed by atoms with Crippen LogP contribution in [-0.4, -0.2) is 25.5 Å². The van der Waals surface area contributed by atoms with Crippen molar-refractivity contribution < 1.29 is 4.79 Å². The van der Waals surface area contributed by atoms with Gasteiger partial charge in [0.05, 0.1) is 5.92 Å². The highest BCUT2D eigenvalue weighted by atomic mass is 16.1. The highest BCUT2D eigenvalue weighted by Gasteiger charge is 2.19. The fraction of sp³-hybridized carbons (Fsp3) is 0.533. The van der Waals surface area contributed by atoms with Crippen LogP contribution in [0.15, 0.2) is 24.3 Å². The number of benzene rings is 1. The number of carbonyl (C=O) groups excluding carboxylic acids is 1. The monoisotopic (exact) mass is 246 g/mol. The van der Waals surface area contributed by atoms with Gasteiger partial charge in [-0.2, -0.15) is 0 Å². The van der Waals surface area contributed by atoms with Crippen LogP contribution in [0.3, 0.4) is 0 Å². The number of piperidine rings is 1. The van der Waals surface area contributed by atoms with E-state index < -0.39 is 0 Å². The molecule has 3 heteroatoms. The van der Waals surface area contributed by atoms with Crippen molar-refractivity contribution in [2.24, 2.45) is 5.92 Å². The van der Waals surface area contributed by atoms with Crippen LogP contribution in [0.4, 0.5) is 0 Å². The summed E-state index contributed by atoms with van der Waals surface area (Å²) < 4.78 is 0. The molecule has 0 bridgehead atoms. The standard InChI is InChI=1S/C15H22N2O/c1-12-4-2-5-13(10-12)7-9-17-15(18)14-6-3-8-16-11-14/h2,4-5,10,14,16H,3,6-9,11H2,1H3,(H,17,18)/t14-/m1/s1. The molecule has 0 saturated carbocycles. The molecule has 98 valence electrons. The Hall–Kier alpha value is -1.35. The summed E-state index contributed by atoms with van der Waals surface area (Å²) >= 11 is 0. The Bertz CT molecular complexity index is 397. The first-order valence-electron chi connectivity index (χ1n) is 6.79. The maximum absolute atomic E-state index is 11.9. The second kappa shape index (κ2) is 6.55. The van der Waals surface area contributed by atoms with Gasteiger partial charge >= 0.3 is 0 Å². The molecular formula is C15H22N2O. The first kappa shape index (κ1) is 13.1. The summed E-state index contributed by atoms with van der Waals surface area (Å²) in [5.41, 5.74) is 2.56. The zero-order valence-corrected chi connectivity index (χ0v) is 11.0. The van der Waals surface area contributed by atoms with Gasteiger partial charge < -0.3 is 10.6 Å². The molecule has 0 unspecified atom stereocenters. The lowest BCUT2D eigenvalue weighted by molar-refractivity contribution is -0.125. The van der Waals surface area contributed by atoms with E-state index in [9.17, 15) is 4.79 Å². The van der Waals surface area contributed by atoms with E-state index >= 15 is 0 Å². The van der Waals surface area contributed by atoms with Gasteiger partial charge in [-0.3, -0.25) is 4.79 Å². The molecule has 2 N–H and O–H groups in total. The maximum Gasteiger partial charge on any atom is 0.224 e. The summed E-state index contributed by atoms with van der Waals surface area (Å²) in [5, 5.41) is 6.31. The van der Waals surface area contributed by atoms with Crippen LogP contribution in [0.25, 0.3) is 0 Å². The summed E-state index contributed by atoms with van der Waals surface area (Å²) in [6.45, 7) is 4.71. The summed E-state index contributed by atoms with van der Waals surface area (Å²) in [6.07, 6.45) is 3.03. The van der Waals surface area contributed by atoms with Crippen molar-refractivity contribution in [1.29, 1.82) is 0 Å². The first-order chi connectivity index (χ1) is 8.75. The molecule has 1 atom stereocenters. The first-order valence-corrected chi connectivity index (χ1v) is 6.79. The Morgan fingerprint density at radius 1 is 1.50 bits per heavy atom. The molecule has 1 aromatic rings. The molecule has 1 fully saturated rings. The average molecular weight is 246 g/mol. The third-order valence-electron chi connectivity index (χ3n) is 3.46. The lowest BCUT2D eigenvalue weighted by Gasteiger charge is -2.21. The molecule has 1 amide bonds. The van der Waals surface area contributed by atoms with Crippen LogP contribution in [0.2, 0.25) is 0 Å². The predicted molar refractivity (Wildman–Crippen MR) is 73.5 cm³/mol. The number of nitrogens with one attached hydrogen (secondary N) is 2. The molecule has 0 spiro atoms. The largest absolute Gasteiger partial charge is 0.355 e. The molecule has 3 nitrogen and oxygen atoms in total. The van der Waals surface area contributed by atoms with E-state index in [2.05, 4.69) is 41.8 Å². The van der Waals surface area contributed by atoms with Gasteiger partial charge in [-0.15, -0.1) is 0 Å². The van der Waals surface area contributed by atoms with Crippen LogP contribution in [0.1, 0.15) is 24.0 Å². The van der Waals surface area contributed by atoms with Gasteiger partial charge in [-0.05, 0) is 38.3 Å². The number of rotatable bonds is 4. The van der Waals surface area contributed by atoms with E-state index in [0.29, 0.717) is 0 Å². The Kier molecular flexibility index (Phi) is 4.76. The Morgan fingerprint density at radius 2 is 2.39 bits per heavy atom. The predicted octanol–water partition coefficient (Wildman–Crippen LogP) is 1.65. The van der Waals surface area contributed by atoms with Crippen molar-refractivity contribution in [2.45, 2.75) is 26.2 Å². The number of amides is 1. The number of carbonyl (C=O) groups is 1. The zero-order chi connectivity index (χ0) is 12.8. The summed E-state index contributed by atoms with van der Waals surface area (Å²) in [7, 11) is 0. The minimum Gasteiger partial charge on any atom is -0.355 e. The van der Waals surface area contributed by atoms with Gasteiger partial charge in [0.15, 0.2) is 0 Å². The third kappa shape index (κ3) is 3.84. The average Bonchev–Trinajstić information content (AvgIpc) is 2.40. The fourth-order valence-electron chi connectivity index (χ4n) is 2.42. The van der Waals surface area contributed by atoms with Crippen molar-refractivity contribution in [3.63, 3.8) is 0 Å². The molecular weight excluding hydrogens is 224 g/mol. The van der Waals surface area contributed by atoms with E-state index in [1.54, 1.807) is 0 Å². The number of aryl methyl sites for hydroxylation is 1. The molecule has 1 aliphatic heterocycles. The molecule has 0 radical (unpaired) electrons. The van der Waals surface area contributed by atoms with Crippen molar-refractivity contribution >= 4 is 5.91 Å². The molecule has 1 aliphatic rings. The highest BCUT2D eigenvalue weighted by Crippen LogP contribution is 2.09. The van der Waals surface area contributed by atoms with Gasteiger partial charge in [-0.1, -0.05) is 29.8 Å². The number of hydrogen-bond acceptors (Lipinski definition) is 2. The molecule has 1 heterocycles. The maximum atomic E-state index is 11.9. The second-order valence-electron chi connectivity index (χ2n) is 5.07. The summed E-state index contributed by atoms with van der Waals surface area (Å²) in [5.74, 6) is 0.367. The second-order valence-corrected chi connectivity index (χ2v) is 5.07. The fourth-order valence-corrected chi connectivity index (χ4v) is 2.42. The highest BCUT2D eigenvalue weighted by molar-refractivity contribution is 5.78. The zero-order valence-electron chi connectivity index (χ0n) is 11.0. The molecule has 2 rings (SSSR count). The summed E-state index contributed by atoms with van der Waals surface area (Å²) in [4.78, 5) is 11.9. The number of hydrogen-bond donors (Lipinski definition) is 2. The quantitative estimate of drug-likeness (QED) is 0.848. The van der Waals surface area contributed by atoms with Crippen LogP contribution < -0.4 is 10.6 Å². The van der Waals surface area contributed by atoms with E-state index in [4.69, 9.17) is 0 Å². The van der Waals surface area contributed by atoms with E-state index in [0.717, 1.165) is 38.9 Å². The van der Waals surface area contributed by atoms with E-state index in [-0.39, 0.29) is 11.8 Å². The van der Waals surface area contributed by atoms with Crippen molar-refractivity contribution in [1.82, 2.24) is 10.6 Å². The minimum absolute atomic E-state index is 0.163. The molecule has 1 aromatic carbocycles. The smallest absolute Gasteiger partial charge is 0.224 e. The van der Waals surface area contributed by atoms with Crippen LogP contribution in [-0.2, 0) is 11.2 Å². The van der Waals surface area contributed by atoms with E-state index in [1.165, 1.54) is 11.1 Å². The van der Waals surface area contributed by atoms with Crippen molar-refractivity contribution in [2.75, 3.05) is 19.6 Å². The molecule has 1 saturated heterocycles. The lowest BCUT2D eigenvalue weighted by Crippen LogP contribution is -2.41. The van der Waals surface area contributed by atoms with Gasteiger partial charge in [0.1, 0.15) is 0 Å². The van der Waals surface area contributed by atoms with Gasteiger partial charge in [0, 0.05) is 13.1 Å². The van der Waals surface area contributed by atoms with Crippen LogP contribution in [0.5, 0.6) is 0 Å². The molecule has 0 aromatic heterocycles. The van der Waals surface area contributed by atoms with Crippen molar-refractivity contribution in [3.05, 3.63) is 35.4 Å². The van der Waals surface area contributed by atoms with Gasteiger partial charge in [-0.25, -0.2) is 0 Å². The van der Waals surface area contributed by atoms with Crippen LogP contribution in [0, 0.1) is 12.8 Å². The Labute approximate surface area is 109 Å². The van der Waals surface area contributed by atoms with Crippen LogP contribution >= 0.6 is 0 Å². The Balaban J connectivity index is 1.73. The van der Waals surface area contributed by atoms with Crippen molar-refractivity contribution in [3.8, 4) is 0 Å².